The molecule has 28 heavy (non-hydrogen) atoms. The fourth-order valence-electron chi connectivity index (χ4n) is 2.84. The summed E-state index contributed by atoms with van der Waals surface area (Å²) in [5.41, 5.74) is 3.11. The maximum atomic E-state index is 12.5. The number of para-hydroxylation sites is 1. The van der Waals surface area contributed by atoms with E-state index < -0.39 is 5.97 Å². The van der Waals surface area contributed by atoms with E-state index in [1.807, 2.05) is 36.4 Å². The molecule has 0 saturated heterocycles. The number of pyridine rings is 1. The molecule has 0 aliphatic heterocycles. The minimum atomic E-state index is -0.459. The topological polar surface area (TPSA) is 71.5 Å². The lowest BCUT2D eigenvalue weighted by molar-refractivity contribution is 0.0600. The second kappa shape index (κ2) is 8.81. The molecule has 2 aromatic carbocycles. The summed E-state index contributed by atoms with van der Waals surface area (Å²) in [6.07, 6.45) is 1.68. The number of ether oxygens (including phenoxy) is 1. The molecule has 0 atom stereocenters. The van der Waals surface area contributed by atoms with Crippen LogP contribution in [0.5, 0.6) is 0 Å². The maximum absolute atomic E-state index is 12.5. The fourth-order valence-corrected chi connectivity index (χ4v) is 2.84. The molecule has 1 N–H and O–H groups in total. The van der Waals surface area contributed by atoms with Crippen molar-refractivity contribution in [2.24, 2.45) is 0 Å². The molecule has 0 bridgehead atoms. The average Bonchev–Trinajstić information content (AvgIpc) is 2.75. The van der Waals surface area contributed by atoms with Crippen molar-refractivity contribution in [3.8, 4) is 0 Å². The van der Waals surface area contributed by atoms with Gasteiger partial charge in [0.25, 0.3) is 5.91 Å². The Morgan fingerprint density at radius 2 is 1.79 bits per heavy atom. The molecule has 0 saturated carbocycles. The first-order valence-electron chi connectivity index (χ1n) is 8.90. The van der Waals surface area contributed by atoms with Gasteiger partial charge in [0, 0.05) is 17.9 Å². The third-order valence-electron chi connectivity index (χ3n) is 4.22. The summed E-state index contributed by atoms with van der Waals surface area (Å²) in [5, 5.41) is 2.75. The van der Waals surface area contributed by atoms with Gasteiger partial charge in [0.15, 0.2) is 0 Å². The predicted molar refractivity (Wildman–Crippen MR) is 109 cm³/mol. The highest BCUT2D eigenvalue weighted by atomic mass is 16.5. The summed E-state index contributed by atoms with van der Waals surface area (Å²) in [5.74, 6) is -0.810. The van der Waals surface area contributed by atoms with Crippen molar-refractivity contribution in [1.82, 2.24) is 4.98 Å². The summed E-state index contributed by atoms with van der Waals surface area (Å²) >= 11 is 0. The zero-order valence-electron chi connectivity index (χ0n) is 15.8. The Hall–Kier alpha value is -3.67. The van der Waals surface area contributed by atoms with Gasteiger partial charge in [-0.15, -0.1) is 0 Å². The van der Waals surface area contributed by atoms with Crippen molar-refractivity contribution >= 4 is 28.9 Å². The molecule has 3 rings (SSSR count). The van der Waals surface area contributed by atoms with E-state index >= 15 is 0 Å². The molecule has 0 unspecified atom stereocenters. The molecule has 0 spiro atoms. The van der Waals surface area contributed by atoms with E-state index in [-0.39, 0.29) is 11.6 Å². The van der Waals surface area contributed by atoms with E-state index in [9.17, 15) is 9.59 Å². The average molecular weight is 375 g/mol. The third-order valence-corrected chi connectivity index (χ3v) is 4.22. The molecule has 142 valence electrons. The van der Waals surface area contributed by atoms with Gasteiger partial charge in [-0.25, -0.2) is 9.78 Å². The van der Waals surface area contributed by atoms with Gasteiger partial charge in [0.1, 0.15) is 5.69 Å². The predicted octanol–water partition coefficient (Wildman–Crippen LogP) is 4.28. The first-order valence-corrected chi connectivity index (χ1v) is 8.90. The van der Waals surface area contributed by atoms with Crippen LogP contribution in [0.1, 0.15) is 27.8 Å². The van der Waals surface area contributed by atoms with Crippen LogP contribution >= 0.6 is 0 Å². The third kappa shape index (κ3) is 4.35. The minimum Gasteiger partial charge on any atom is -0.465 e. The van der Waals surface area contributed by atoms with Crippen LogP contribution in [0.4, 0.5) is 17.1 Å². The molecule has 6 heteroatoms. The van der Waals surface area contributed by atoms with Crippen molar-refractivity contribution in [3.63, 3.8) is 0 Å². The van der Waals surface area contributed by atoms with Crippen LogP contribution in [0.3, 0.4) is 0 Å². The lowest BCUT2D eigenvalue weighted by Gasteiger charge is -2.22. The second-order valence-electron chi connectivity index (χ2n) is 6.01. The lowest BCUT2D eigenvalue weighted by Crippen LogP contribution is -2.18. The Labute approximate surface area is 163 Å². The standard InChI is InChI=1S/C22H21N3O3/c1-3-25(18-10-5-4-6-11-18)19-12-13-20(23-15-19)21(26)24-17-9-7-8-16(14-17)22(27)28-2/h4-15H,3H2,1-2H3,(H,24,26). The monoisotopic (exact) mass is 375 g/mol. The first-order chi connectivity index (χ1) is 13.6. The Morgan fingerprint density at radius 3 is 2.43 bits per heavy atom. The first kappa shape index (κ1) is 19.1. The summed E-state index contributed by atoms with van der Waals surface area (Å²) in [6.45, 7) is 2.83. The summed E-state index contributed by atoms with van der Waals surface area (Å²) in [4.78, 5) is 30.5. The highest BCUT2D eigenvalue weighted by Gasteiger charge is 2.12. The van der Waals surface area contributed by atoms with Crippen LogP contribution in [0, 0.1) is 0 Å². The van der Waals surface area contributed by atoms with Crippen molar-refractivity contribution in [2.75, 3.05) is 23.9 Å². The van der Waals surface area contributed by atoms with E-state index in [4.69, 9.17) is 4.74 Å². The zero-order valence-corrected chi connectivity index (χ0v) is 15.8. The van der Waals surface area contributed by atoms with Gasteiger partial charge in [-0.1, -0.05) is 24.3 Å². The largest absolute Gasteiger partial charge is 0.465 e. The van der Waals surface area contributed by atoms with Gasteiger partial charge in [0.05, 0.1) is 24.6 Å². The molecule has 0 aliphatic carbocycles. The summed E-state index contributed by atoms with van der Waals surface area (Å²) in [7, 11) is 1.31. The number of hydrogen-bond acceptors (Lipinski definition) is 5. The lowest BCUT2D eigenvalue weighted by atomic mass is 10.2. The van der Waals surface area contributed by atoms with E-state index in [0.717, 1.165) is 17.9 Å². The van der Waals surface area contributed by atoms with Gasteiger partial charge in [-0.05, 0) is 49.4 Å². The highest BCUT2D eigenvalue weighted by Crippen LogP contribution is 2.24. The second-order valence-corrected chi connectivity index (χ2v) is 6.01. The molecule has 6 nitrogen and oxygen atoms in total. The SMILES string of the molecule is CCN(c1ccccc1)c1ccc(C(=O)Nc2cccc(C(=O)OC)c2)nc1. The molecule has 0 aliphatic rings. The van der Waals surface area contributed by atoms with Crippen LogP contribution in [-0.4, -0.2) is 30.5 Å². The number of nitrogens with zero attached hydrogens (tertiary/aromatic N) is 2. The van der Waals surface area contributed by atoms with Gasteiger partial charge in [0.2, 0.25) is 0 Å². The Balaban J connectivity index is 1.74. The number of nitrogens with one attached hydrogen (secondary N) is 1. The smallest absolute Gasteiger partial charge is 0.337 e. The molecular formula is C22H21N3O3. The van der Waals surface area contributed by atoms with Gasteiger partial charge in [-0.3, -0.25) is 4.79 Å². The zero-order chi connectivity index (χ0) is 19.9. The molecule has 0 fully saturated rings. The highest BCUT2D eigenvalue weighted by molar-refractivity contribution is 6.03. The Morgan fingerprint density at radius 1 is 1.00 bits per heavy atom. The number of amides is 1. The quantitative estimate of drug-likeness (QED) is 0.651. The normalized spacial score (nSPS) is 10.2. The van der Waals surface area contributed by atoms with Gasteiger partial charge >= 0.3 is 5.97 Å². The fraction of sp³-hybridized carbons (Fsp3) is 0.136. The summed E-state index contributed by atoms with van der Waals surface area (Å²) in [6, 6.07) is 20.1. The number of esters is 1. The summed E-state index contributed by atoms with van der Waals surface area (Å²) < 4.78 is 4.69. The van der Waals surface area contributed by atoms with E-state index in [1.54, 1.807) is 36.5 Å². The number of methoxy groups -OCH3 is 1. The van der Waals surface area contributed by atoms with E-state index in [2.05, 4.69) is 22.1 Å². The number of hydrogen-bond donors (Lipinski definition) is 1. The van der Waals surface area contributed by atoms with Crippen molar-refractivity contribution in [3.05, 3.63) is 84.2 Å². The van der Waals surface area contributed by atoms with Crippen molar-refractivity contribution in [1.29, 1.82) is 0 Å². The molecule has 1 amide bonds. The molecular weight excluding hydrogens is 354 g/mol. The van der Waals surface area contributed by atoms with Crippen molar-refractivity contribution < 1.29 is 14.3 Å². The molecule has 1 heterocycles. The van der Waals surface area contributed by atoms with Crippen molar-refractivity contribution in [2.45, 2.75) is 6.92 Å². The number of carbonyl (C=O) groups excluding carboxylic acids is 2. The molecule has 3 aromatic rings. The van der Waals surface area contributed by atoms with Crippen LogP contribution in [0.2, 0.25) is 0 Å². The molecule has 0 radical (unpaired) electrons. The number of carbonyl (C=O) groups is 2. The van der Waals surface area contributed by atoms with E-state index in [1.165, 1.54) is 7.11 Å². The Bertz CT molecular complexity index is 956. The van der Waals surface area contributed by atoms with Gasteiger partial charge < -0.3 is 15.0 Å². The number of rotatable bonds is 6. The number of benzene rings is 2. The minimum absolute atomic E-state index is 0.288. The van der Waals surface area contributed by atoms with Crippen LogP contribution in [0.25, 0.3) is 0 Å². The number of anilines is 3. The van der Waals surface area contributed by atoms with Gasteiger partial charge in [-0.2, -0.15) is 0 Å². The van der Waals surface area contributed by atoms with Crippen LogP contribution < -0.4 is 10.2 Å². The van der Waals surface area contributed by atoms with Crippen LogP contribution in [0.15, 0.2) is 72.9 Å². The van der Waals surface area contributed by atoms with E-state index in [0.29, 0.717) is 11.3 Å². The Kier molecular flexibility index (Phi) is 6.01. The number of aromatic nitrogens is 1. The maximum Gasteiger partial charge on any atom is 0.337 e. The molecule has 1 aromatic heterocycles. The van der Waals surface area contributed by atoms with Crippen LogP contribution in [-0.2, 0) is 4.74 Å².